The summed E-state index contributed by atoms with van der Waals surface area (Å²) >= 11 is 0. The number of benzene rings is 1. The molecule has 31 heavy (non-hydrogen) atoms. The molecule has 0 saturated carbocycles. The monoisotopic (exact) mass is 420 g/mol. The smallest absolute Gasteiger partial charge is 0.187 e. The van der Waals surface area contributed by atoms with E-state index in [0.29, 0.717) is 28.2 Å². The summed E-state index contributed by atoms with van der Waals surface area (Å²) < 4.78 is 21.1. The second-order valence-corrected chi connectivity index (χ2v) is 8.64. The van der Waals surface area contributed by atoms with E-state index in [9.17, 15) is 4.39 Å². The van der Waals surface area contributed by atoms with Crippen LogP contribution in [0.4, 0.5) is 4.39 Å². The van der Waals surface area contributed by atoms with Gasteiger partial charge in [-0.3, -0.25) is 9.30 Å². The van der Waals surface area contributed by atoms with Crippen LogP contribution in [0.15, 0.2) is 42.6 Å². The van der Waals surface area contributed by atoms with Crippen molar-refractivity contribution < 1.29 is 9.13 Å². The van der Waals surface area contributed by atoms with Gasteiger partial charge in [0.2, 0.25) is 0 Å². The third-order valence-corrected chi connectivity index (χ3v) is 6.16. The molecule has 0 radical (unpaired) electrons. The van der Waals surface area contributed by atoms with Crippen molar-refractivity contribution in [2.24, 2.45) is 5.73 Å². The van der Waals surface area contributed by atoms with Crippen LogP contribution < -0.4 is 10.5 Å². The van der Waals surface area contributed by atoms with Crippen LogP contribution in [-0.2, 0) is 0 Å². The summed E-state index contributed by atoms with van der Waals surface area (Å²) in [6, 6.07) is 10.7. The molecule has 1 aromatic carbocycles. The fourth-order valence-electron chi connectivity index (χ4n) is 4.34. The number of nitrogens with two attached hydrogens (primary N) is 1. The summed E-state index contributed by atoms with van der Waals surface area (Å²) in [6.45, 7) is 6.14. The number of likely N-dealkylation sites (tertiary alicyclic amines) is 1. The van der Waals surface area contributed by atoms with Gasteiger partial charge >= 0.3 is 0 Å². The van der Waals surface area contributed by atoms with Crippen LogP contribution in [0.3, 0.4) is 0 Å². The summed E-state index contributed by atoms with van der Waals surface area (Å²) in [7, 11) is 1.51. The first kappa shape index (κ1) is 19.8. The minimum Gasteiger partial charge on any atom is -0.494 e. The Morgan fingerprint density at radius 2 is 2.03 bits per heavy atom. The Kier molecular flexibility index (Phi) is 4.64. The Labute approximate surface area is 179 Å². The predicted octanol–water partition coefficient (Wildman–Crippen LogP) is 3.58. The number of methoxy groups -OCH3 is 1. The van der Waals surface area contributed by atoms with Gasteiger partial charge in [0.05, 0.1) is 7.11 Å². The largest absolute Gasteiger partial charge is 0.494 e. The lowest BCUT2D eigenvalue weighted by atomic mass is 10.0. The van der Waals surface area contributed by atoms with Gasteiger partial charge in [-0.2, -0.15) is 0 Å². The van der Waals surface area contributed by atoms with E-state index >= 15 is 0 Å². The first-order chi connectivity index (χ1) is 14.8. The zero-order valence-corrected chi connectivity index (χ0v) is 17.8. The SMILES string of the molecule is COc1cc(F)cc2ccc(-c3nnc4ccc([C@H](C)N5CC[C@](C)(N)C5)cn34)nc12. The number of nitrogens with zero attached hydrogens (tertiary/aromatic N) is 5. The molecule has 4 heterocycles. The number of rotatable bonds is 4. The zero-order chi connectivity index (χ0) is 21.8. The van der Waals surface area contributed by atoms with E-state index in [0.717, 1.165) is 30.7 Å². The van der Waals surface area contributed by atoms with E-state index in [4.69, 9.17) is 15.5 Å². The number of aromatic nitrogens is 4. The molecule has 2 N–H and O–H groups in total. The summed E-state index contributed by atoms with van der Waals surface area (Å²) in [5.74, 6) is 0.655. The predicted molar refractivity (Wildman–Crippen MR) is 117 cm³/mol. The third kappa shape index (κ3) is 3.51. The Balaban J connectivity index is 1.56. The highest BCUT2D eigenvalue weighted by Gasteiger charge is 2.32. The van der Waals surface area contributed by atoms with Crippen molar-refractivity contribution in [3.05, 3.63) is 54.0 Å². The molecule has 1 aliphatic rings. The van der Waals surface area contributed by atoms with Crippen LogP contribution >= 0.6 is 0 Å². The second kappa shape index (κ2) is 7.25. The molecular formula is C23H25FN6O. The van der Waals surface area contributed by atoms with Crippen LogP contribution in [0.1, 0.15) is 31.9 Å². The Hall–Kier alpha value is -3.10. The van der Waals surface area contributed by atoms with E-state index in [1.54, 1.807) is 0 Å². The molecule has 1 saturated heterocycles. The fourth-order valence-corrected chi connectivity index (χ4v) is 4.34. The lowest BCUT2D eigenvalue weighted by Crippen LogP contribution is -2.39. The summed E-state index contributed by atoms with van der Waals surface area (Å²) in [5.41, 5.74) is 9.31. The first-order valence-corrected chi connectivity index (χ1v) is 10.4. The molecule has 1 fully saturated rings. The van der Waals surface area contributed by atoms with Gasteiger partial charge in [-0.15, -0.1) is 10.2 Å². The third-order valence-electron chi connectivity index (χ3n) is 6.16. The number of hydrogen-bond donors (Lipinski definition) is 1. The number of halogens is 1. The molecule has 1 aliphatic heterocycles. The van der Waals surface area contributed by atoms with Gasteiger partial charge in [0.1, 0.15) is 22.8 Å². The Bertz CT molecular complexity index is 1280. The molecule has 5 rings (SSSR count). The van der Waals surface area contributed by atoms with Crippen molar-refractivity contribution in [2.75, 3.05) is 20.2 Å². The molecule has 0 aliphatic carbocycles. The van der Waals surface area contributed by atoms with E-state index in [1.165, 1.54) is 19.2 Å². The summed E-state index contributed by atoms with van der Waals surface area (Å²) in [4.78, 5) is 7.11. The van der Waals surface area contributed by atoms with Gasteiger partial charge in [-0.05, 0) is 44.0 Å². The van der Waals surface area contributed by atoms with Crippen molar-refractivity contribution >= 4 is 16.6 Å². The quantitative estimate of drug-likeness (QED) is 0.544. The highest BCUT2D eigenvalue weighted by atomic mass is 19.1. The van der Waals surface area contributed by atoms with Crippen molar-refractivity contribution in [1.82, 2.24) is 24.5 Å². The second-order valence-electron chi connectivity index (χ2n) is 8.64. The van der Waals surface area contributed by atoms with Gasteiger partial charge < -0.3 is 10.5 Å². The molecule has 0 spiro atoms. The van der Waals surface area contributed by atoms with E-state index in [2.05, 4.69) is 41.2 Å². The van der Waals surface area contributed by atoms with Gasteiger partial charge in [0.25, 0.3) is 0 Å². The van der Waals surface area contributed by atoms with Gasteiger partial charge in [-0.1, -0.05) is 12.1 Å². The van der Waals surface area contributed by atoms with E-state index in [1.807, 2.05) is 22.6 Å². The fraction of sp³-hybridized carbons (Fsp3) is 0.348. The van der Waals surface area contributed by atoms with Crippen molar-refractivity contribution in [3.63, 3.8) is 0 Å². The van der Waals surface area contributed by atoms with Gasteiger partial charge in [0, 0.05) is 42.3 Å². The number of fused-ring (bicyclic) bond motifs is 2. The van der Waals surface area contributed by atoms with Crippen molar-refractivity contribution in [1.29, 1.82) is 0 Å². The molecule has 0 bridgehead atoms. The topological polar surface area (TPSA) is 81.6 Å². The zero-order valence-electron chi connectivity index (χ0n) is 17.8. The van der Waals surface area contributed by atoms with E-state index < -0.39 is 0 Å². The molecule has 4 aromatic rings. The minimum atomic E-state index is -0.360. The normalized spacial score (nSPS) is 20.5. The van der Waals surface area contributed by atoms with Crippen LogP contribution in [0.5, 0.6) is 5.75 Å². The number of ether oxygens (including phenoxy) is 1. The van der Waals surface area contributed by atoms with Crippen LogP contribution in [-0.4, -0.2) is 50.2 Å². The standard InChI is InChI=1S/C23H25FN6O/c1-14(29-9-8-23(2,25)13-29)16-5-7-20-27-28-22(30(20)12-16)18-6-4-15-10-17(24)11-19(31-3)21(15)26-18/h4-7,10-12,14H,8-9,13,25H2,1-3H3/t14-,23-/m0/s1. The Morgan fingerprint density at radius 1 is 1.19 bits per heavy atom. The molecule has 160 valence electrons. The van der Waals surface area contributed by atoms with Gasteiger partial charge in [-0.25, -0.2) is 9.37 Å². The van der Waals surface area contributed by atoms with Crippen LogP contribution in [0, 0.1) is 5.82 Å². The molecule has 8 heteroatoms. The molecule has 0 unspecified atom stereocenters. The average Bonchev–Trinajstić information content (AvgIpc) is 3.34. The van der Waals surface area contributed by atoms with Gasteiger partial charge in [0.15, 0.2) is 11.5 Å². The summed E-state index contributed by atoms with van der Waals surface area (Å²) in [6.07, 6.45) is 3.05. The molecule has 0 amide bonds. The summed E-state index contributed by atoms with van der Waals surface area (Å²) in [5, 5.41) is 9.34. The molecule has 2 atom stereocenters. The van der Waals surface area contributed by atoms with Crippen molar-refractivity contribution in [3.8, 4) is 17.3 Å². The number of pyridine rings is 2. The highest BCUT2D eigenvalue weighted by molar-refractivity contribution is 5.86. The molecular weight excluding hydrogens is 395 g/mol. The highest BCUT2D eigenvalue weighted by Crippen LogP contribution is 2.31. The van der Waals surface area contributed by atoms with E-state index in [-0.39, 0.29) is 17.4 Å². The number of hydrogen-bond acceptors (Lipinski definition) is 6. The first-order valence-electron chi connectivity index (χ1n) is 10.4. The lowest BCUT2D eigenvalue weighted by Gasteiger charge is -2.26. The average molecular weight is 420 g/mol. The maximum absolute atomic E-state index is 13.8. The van der Waals surface area contributed by atoms with Crippen molar-refractivity contribution in [2.45, 2.75) is 31.8 Å². The van der Waals surface area contributed by atoms with Crippen LogP contribution in [0.2, 0.25) is 0 Å². The lowest BCUT2D eigenvalue weighted by molar-refractivity contribution is 0.248. The maximum atomic E-state index is 13.8. The molecule has 7 nitrogen and oxygen atoms in total. The maximum Gasteiger partial charge on any atom is 0.187 e. The minimum absolute atomic E-state index is 0.145. The molecule has 3 aromatic heterocycles. The van der Waals surface area contributed by atoms with Crippen LogP contribution in [0.25, 0.3) is 28.1 Å². The Morgan fingerprint density at radius 3 is 2.77 bits per heavy atom.